The third-order valence-electron chi connectivity index (χ3n) is 7.05. The Morgan fingerprint density at radius 3 is 2.30 bits per heavy atom. The molecule has 2 heterocycles. The molecule has 43 heavy (non-hydrogen) atoms. The highest BCUT2D eigenvalue weighted by Gasteiger charge is 2.31. The highest BCUT2D eigenvalue weighted by Crippen LogP contribution is 2.35. The van der Waals surface area contributed by atoms with E-state index in [1.807, 2.05) is 32.6 Å². The van der Waals surface area contributed by atoms with Crippen LogP contribution in [0.25, 0.3) is 0 Å². The van der Waals surface area contributed by atoms with Gasteiger partial charge in [-0.25, -0.2) is 9.37 Å². The van der Waals surface area contributed by atoms with E-state index in [9.17, 15) is 14.3 Å². The van der Waals surface area contributed by atoms with Crippen molar-refractivity contribution in [1.29, 1.82) is 0 Å². The number of aromatic nitrogens is 1. The Labute approximate surface area is 259 Å². The van der Waals surface area contributed by atoms with E-state index in [2.05, 4.69) is 48.2 Å². The molecular weight excluding hydrogens is 547 g/mol. The zero-order chi connectivity index (χ0) is 32.4. The van der Waals surface area contributed by atoms with Crippen molar-refractivity contribution in [2.24, 2.45) is 0 Å². The molecule has 3 N–H and O–H groups in total. The minimum Gasteiger partial charge on any atom is -0.493 e. The number of fused-ring (bicyclic) bond motifs is 1. The predicted octanol–water partition coefficient (Wildman–Crippen LogP) is 7.27. The Balaban J connectivity index is 0.000000407. The van der Waals surface area contributed by atoms with E-state index in [0.29, 0.717) is 25.3 Å². The number of halogens is 1. The van der Waals surface area contributed by atoms with E-state index >= 15 is 0 Å². The number of ether oxygens (including phenoxy) is 1. The van der Waals surface area contributed by atoms with Crippen LogP contribution >= 0.6 is 0 Å². The van der Waals surface area contributed by atoms with Crippen molar-refractivity contribution in [2.45, 2.75) is 98.4 Å². The number of anilines is 2. The maximum absolute atomic E-state index is 14.4. The van der Waals surface area contributed by atoms with Crippen LogP contribution in [-0.4, -0.2) is 73.0 Å². The number of aliphatic hydroxyl groups excluding tert-OH is 1. The molecule has 1 aromatic carbocycles. The van der Waals surface area contributed by atoms with Gasteiger partial charge in [-0.3, -0.25) is 9.69 Å². The molecule has 2 aromatic rings. The number of aliphatic carboxylic acids is 1. The van der Waals surface area contributed by atoms with Crippen molar-refractivity contribution in [1.82, 2.24) is 9.88 Å². The number of carbonyl (C=O) groups is 1. The van der Waals surface area contributed by atoms with Gasteiger partial charge in [0.25, 0.3) is 0 Å². The van der Waals surface area contributed by atoms with Gasteiger partial charge in [-0.05, 0) is 80.9 Å². The first kappa shape index (κ1) is 38.1. The maximum atomic E-state index is 14.4. The fourth-order valence-electron chi connectivity index (χ4n) is 4.95. The number of aliphatic hydroxyl groups is 1. The summed E-state index contributed by atoms with van der Waals surface area (Å²) >= 11 is 0. The number of unbranched alkanes of at least 4 members (excludes halogenated alkanes) is 2. The maximum Gasteiger partial charge on any atom is 0.325 e. The molecule has 0 saturated carbocycles. The number of carboxylic acid groups (broad SMARTS) is 1. The zero-order valence-electron chi connectivity index (χ0n) is 27.9. The fraction of sp³-hybridized carbons (Fsp3) is 0.647. The van der Waals surface area contributed by atoms with Gasteiger partial charge in [-0.2, -0.15) is 0 Å². The summed E-state index contributed by atoms with van der Waals surface area (Å²) in [5, 5.41) is 21.8. The van der Waals surface area contributed by atoms with Crippen molar-refractivity contribution >= 4 is 17.5 Å². The van der Waals surface area contributed by atoms with Gasteiger partial charge >= 0.3 is 5.97 Å². The van der Waals surface area contributed by atoms with Crippen molar-refractivity contribution < 1.29 is 24.1 Å². The Morgan fingerprint density at radius 1 is 1.12 bits per heavy atom. The number of rotatable bonds is 14. The lowest BCUT2D eigenvalue weighted by atomic mass is 9.95. The summed E-state index contributed by atoms with van der Waals surface area (Å²) in [6.45, 7) is 15.7. The Bertz CT molecular complexity index is 1080. The predicted molar refractivity (Wildman–Crippen MR) is 176 cm³/mol. The van der Waals surface area contributed by atoms with Gasteiger partial charge in [0.2, 0.25) is 0 Å². The summed E-state index contributed by atoms with van der Waals surface area (Å²) in [5.74, 6) is -0.342. The Kier molecular flexibility index (Phi) is 18.5. The van der Waals surface area contributed by atoms with Gasteiger partial charge < -0.3 is 25.2 Å². The first-order valence-corrected chi connectivity index (χ1v) is 16.0. The highest BCUT2D eigenvalue weighted by molar-refractivity contribution is 5.77. The van der Waals surface area contributed by atoms with Crippen LogP contribution in [0.1, 0.15) is 109 Å². The lowest BCUT2D eigenvalue weighted by Gasteiger charge is -2.30. The molecule has 1 aliphatic heterocycles. The number of aryl methyl sites for hydroxylation is 1. The standard InChI is InChI=1S/C18H28FNO3.C13H21N3O.C3H8/c1-6-8-20(9-7-2)16(18(21)22)14-10-13(12(3)4)11-15(19)17(14)23-5;1-16-9-8-14-13-12(16)7-6-11(15-13)5-3-2-4-10-17;1-3-2/h10-12,16H,6-9H2,1-5H3,(H,21,22);6-7,17H,2-5,8-10H2,1H3,(H,14,15);3H2,1-2H3. The normalized spacial score (nSPS) is 12.9. The number of nitrogens with one attached hydrogen (secondary N) is 1. The molecule has 1 atom stereocenters. The molecule has 0 aliphatic carbocycles. The summed E-state index contributed by atoms with van der Waals surface area (Å²) in [6.07, 6.45) is 6.98. The van der Waals surface area contributed by atoms with Crippen molar-refractivity contribution in [3.05, 3.63) is 46.9 Å². The fourth-order valence-corrected chi connectivity index (χ4v) is 4.95. The molecule has 0 radical (unpaired) electrons. The van der Waals surface area contributed by atoms with Crippen LogP contribution < -0.4 is 15.0 Å². The lowest BCUT2D eigenvalue weighted by molar-refractivity contribution is -0.143. The third-order valence-corrected chi connectivity index (χ3v) is 7.05. The SMILES string of the molecule is CCC.CCCN(CCC)C(C(=O)O)c1cc(C(C)C)cc(F)c1OC.CN1CCNc2nc(CCCCCO)ccc21. The molecule has 9 heteroatoms. The smallest absolute Gasteiger partial charge is 0.325 e. The van der Waals surface area contributed by atoms with E-state index in [1.54, 1.807) is 6.07 Å². The highest BCUT2D eigenvalue weighted by atomic mass is 19.1. The Morgan fingerprint density at radius 2 is 1.77 bits per heavy atom. The minimum atomic E-state index is -0.981. The van der Waals surface area contributed by atoms with Crippen LogP contribution in [0.15, 0.2) is 24.3 Å². The van der Waals surface area contributed by atoms with Gasteiger partial charge in [0.15, 0.2) is 11.6 Å². The zero-order valence-corrected chi connectivity index (χ0v) is 27.9. The van der Waals surface area contributed by atoms with Crippen LogP contribution in [0.4, 0.5) is 15.9 Å². The molecule has 0 amide bonds. The van der Waals surface area contributed by atoms with Crippen molar-refractivity contribution in [2.75, 3.05) is 57.2 Å². The molecule has 3 rings (SSSR count). The summed E-state index contributed by atoms with van der Waals surface area (Å²) < 4.78 is 19.6. The Hall–Kier alpha value is -2.91. The van der Waals surface area contributed by atoms with E-state index < -0.39 is 17.8 Å². The molecule has 8 nitrogen and oxygen atoms in total. The number of pyridine rings is 1. The number of hydrogen-bond donors (Lipinski definition) is 3. The van der Waals surface area contributed by atoms with Crippen LogP contribution in [0.3, 0.4) is 0 Å². The molecule has 244 valence electrons. The number of likely N-dealkylation sites (N-methyl/N-ethyl adjacent to an activating group) is 1. The van der Waals surface area contributed by atoms with Gasteiger partial charge in [-0.15, -0.1) is 0 Å². The first-order valence-electron chi connectivity index (χ1n) is 16.0. The average molecular weight is 605 g/mol. The summed E-state index contributed by atoms with van der Waals surface area (Å²) in [6, 6.07) is 6.55. The molecule has 1 aromatic heterocycles. The molecule has 0 saturated heterocycles. The molecular formula is C34H57FN4O4. The minimum absolute atomic E-state index is 0.0269. The monoisotopic (exact) mass is 604 g/mol. The van der Waals surface area contributed by atoms with Crippen LogP contribution in [0, 0.1) is 5.82 Å². The van der Waals surface area contributed by atoms with E-state index in [4.69, 9.17) is 9.84 Å². The van der Waals surface area contributed by atoms with Crippen molar-refractivity contribution in [3.8, 4) is 5.75 Å². The van der Waals surface area contributed by atoms with Crippen LogP contribution in [-0.2, 0) is 11.2 Å². The molecule has 0 bridgehead atoms. The molecule has 1 unspecified atom stereocenters. The summed E-state index contributed by atoms with van der Waals surface area (Å²) in [5.41, 5.74) is 3.50. The van der Waals surface area contributed by atoms with Crippen LogP contribution in [0.5, 0.6) is 5.75 Å². The van der Waals surface area contributed by atoms with E-state index in [0.717, 1.165) is 68.7 Å². The molecule has 0 fully saturated rings. The second-order valence-electron chi connectivity index (χ2n) is 11.3. The average Bonchev–Trinajstić information content (AvgIpc) is 2.96. The molecule has 1 aliphatic rings. The molecule has 0 spiro atoms. The number of carboxylic acids is 1. The van der Waals surface area contributed by atoms with Gasteiger partial charge in [0.1, 0.15) is 11.9 Å². The number of benzene rings is 1. The summed E-state index contributed by atoms with van der Waals surface area (Å²) in [7, 11) is 3.47. The lowest BCUT2D eigenvalue weighted by Crippen LogP contribution is -2.35. The van der Waals surface area contributed by atoms with E-state index in [1.165, 1.54) is 25.3 Å². The van der Waals surface area contributed by atoms with Gasteiger partial charge in [0, 0.05) is 38.0 Å². The second kappa shape index (κ2) is 20.9. The number of methoxy groups -OCH3 is 1. The van der Waals surface area contributed by atoms with Crippen LogP contribution in [0.2, 0.25) is 0 Å². The number of nitrogens with zero attached hydrogens (tertiary/aromatic N) is 3. The largest absolute Gasteiger partial charge is 0.493 e. The van der Waals surface area contributed by atoms with E-state index in [-0.39, 0.29) is 11.7 Å². The van der Waals surface area contributed by atoms with Crippen molar-refractivity contribution in [3.63, 3.8) is 0 Å². The first-order chi connectivity index (χ1) is 20.6. The summed E-state index contributed by atoms with van der Waals surface area (Å²) in [4.78, 5) is 20.7. The topological polar surface area (TPSA) is 98.2 Å². The van der Waals surface area contributed by atoms with Gasteiger partial charge in [-0.1, -0.05) is 54.4 Å². The quantitative estimate of drug-likeness (QED) is 0.194. The van der Waals surface area contributed by atoms with Gasteiger partial charge in [0.05, 0.1) is 12.8 Å². The number of hydrogen-bond acceptors (Lipinski definition) is 7. The third kappa shape index (κ3) is 12.3. The second-order valence-corrected chi connectivity index (χ2v) is 11.3.